The van der Waals surface area contributed by atoms with E-state index in [0.29, 0.717) is 4.83 Å². The molecule has 2 atom stereocenters. The molecule has 0 aromatic carbocycles. The molecular weight excluding hydrogens is 244 g/mol. The molecule has 1 fully saturated rings. The lowest BCUT2D eigenvalue weighted by Gasteiger charge is -2.32. The first-order chi connectivity index (χ1) is 6.52. The van der Waals surface area contributed by atoms with Crippen LogP contribution in [0.15, 0.2) is 0 Å². The lowest BCUT2D eigenvalue weighted by molar-refractivity contribution is -0.134. The standard InChI is InChI=1S/C10H19BrN2O/c1-7(2)9(12)10(14)13-5-3-4-8(11)6-13/h7-9H,3-6,12H2,1-2H3/t8-,9+/m1/s1. The third-order valence-electron chi connectivity index (χ3n) is 2.68. The first-order valence-corrected chi connectivity index (χ1v) is 6.12. The van der Waals surface area contributed by atoms with Gasteiger partial charge in [0.1, 0.15) is 0 Å². The molecule has 0 saturated carbocycles. The minimum atomic E-state index is -0.340. The van der Waals surface area contributed by atoms with E-state index < -0.39 is 0 Å². The van der Waals surface area contributed by atoms with Crippen LogP contribution in [0.1, 0.15) is 26.7 Å². The van der Waals surface area contributed by atoms with Crippen molar-refractivity contribution in [1.82, 2.24) is 4.90 Å². The Kier molecular flexibility index (Phi) is 4.38. The average Bonchev–Trinajstić information content (AvgIpc) is 2.15. The van der Waals surface area contributed by atoms with E-state index in [1.807, 2.05) is 18.7 Å². The zero-order valence-electron chi connectivity index (χ0n) is 8.87. The fourth-order valence-corrected chi connectivity index (χ4v) is 2.29. The molecule has 1 aliphatic rings. The number of alkyl halides is 1. The van der Waals surface area contributed by atoms with E-state index in [0.717, 1.165) is 25.9 Å². The van der Waals surface area contributed by atoms with Crippen LogP contribution in [0.5, 0.6) is 0 Å². The Bertz CT molecular complexity index is 208. The number of carbonyl (C=O) groups is 1. The van der Waals surface area contributed by atoms with Gasteiger partial charge in [-0.15, -0.1) is 0 Å². The second-order valence-corrected chi connectivity index (χ2v) is 5.59. The van der Waals surface area contributed by atoms with Crippen molar-refractivity contribution >= 4 is 21.8 Å². The number of nitrogens with zero attached hydrogens (tertiary/aromatic N) is 1. The second-order valence-electron chi connectivity index (χ2n) is 4.29. The highest BCUT2D eigenvalue weighted by atomic mass is 79.9. The number of rotatable bonds is 2. The Hall–Kier alpha value is -0.0900. The van der Waals surface area contributed by atoms with Crippen LogP contribution in [0.2, 0.25) is 0 Å². The van der Waals surface area contributed by atoms with Gasteiger partial charge in [0.15, 0.2) is 0 Å². The summed E-state index contributed by atoms with van der Waals surface area (Å²) in [5, 5.41) is 0. The summed E-state index contributed by atoms with van der Waals surface area (Å²) >= 11 is 3.55. The molecule has 1 aliphatic heterocycles. The number of hydrogen-bond acceptors (Lipinski definition) is 2. The zero-order valence-corrected chi connectivity index (χ0v) is 10.5. The second kappa shape index (κ2) is 5.12. The highest BCUT2D eigenvalue weighted by Crippen LogP contribution is 2.18. The first-order valence-electron chi connectivity index (χ1n) is 5.20. The summed E-state index contributed by atoms with van der Waals surface area (Å²) in [7, 11) is 0. The molecule has 0 aromatic rings. The molecule has 82 valence electrons. The van der Waals surface area contributed by atoms with Gasteiger partial charge in [-0.3, -0.25) is 4.79 Å². The van der Waals surface area contributed by atoms with Crippen molar-refractivity contribution in [2.45, 2.75) is 37.6 Å². The van der Waals surface area contributed by atoms with Gasteiger partial charge in [0.05, 0.1) is 6.04 Å². The van der Waals surface area contributed by atoms with Crippen LogP contribution in [0.4, 0.5) is 0 Å². The zero-order chi connectivity index (χ0) is 10.7. The van der Waals surface area contributed by atoms with Crippen molar-refractivity contribution in [2.75, 3.05) is 13.1 Å². The number of piperidine rings is 1. The lowest BCUT2D eigenvalue weighted by Crippen LogP contribution is -2.50. The summed E-state index contributed by atoms with van der Waals surface area (Å²) in [5.74, 6) is 0.322. The molecule has 0 aliphatic carbocycles. The van der Waals surface area contributed by atoms with Gasteiger partial charge >= 0.3 is 0 Å². The summed E-state index contributed by atoms with van der Waals surface area (Å²) in [5.41, 5.74) is 5.83. The molecule has 1 amide bonds. The van der Waals surface area contributed by atoms with Crippen molar-refractivity contribution in [3.8, 4) is 0 Å². The highest BCUT2D eigenvalue weighted by Gasteiger charge is 2.27. The Balaban J connectivity index is 2.51. The van der Waals surface area contributed by atoms with E-state index in [4.69, 9.17) is 5.73 Å². The molecule has 0 bridgehead atoms. The van der Waals surface area contributed by atoms with Gasteiger partial charge in [0.25, 0.3) is 0 Å². The highest BCUT2D eigenvalue weighted by molar-refractivity contribution is 9.09. The van der Waals surface area contributed by atoms with Crippen molar-refractivity contribution in [1.29, 1.82) is 0 Å². The maximum atomic E-state index is 11.9. The van der Waals surface area contributed by atoms with Gasteiger partial charge in [0.2, 0.25) is 5.91 Å². The average molecular weight is 263 g/mol. The van der Waals surface area contributed by atoms with Crippen molar-refractivity contribution in [2.24, 2.45) is 11.7 Å². The topological polar surface area (TPSA) is 46.3 Å². The third-order valence-corrected chi connectivity index (χ3v) is 3.43. The van der Waals surface area contributed by atoms with E-state index >= 15 is 0 Å². The molecule has 1 saturated heterocycles. The van der Waals surface area contributed by atoms with Crippen molar-refractivity contribution < 1.29 is 4.79 Å². The van der Waals surface area contributed by atoms with Gasteiger partial charge in [-0.2, -0.15) is 0 Å². The minimum absolute atomic E-state index is 0.101. The number of carbonyl (C=O) groups excluding carboxylic acids is 1. The molecule has 3 nitrogen and oxygen atoms in total. The van der Waals surface area contributed by atoms with Crippen LogP contribution < -0.4 is 5.73 Å². The fourth-order valence-electron chi connectivity index (χ4n) is 1.62. The maximum absolute atomic E-state index is 11.9. The number of hydrogen-bond donors (Lipinski definition) is 1. The van der Waals surface area contributed by atoms with Gasteiger partial charge < -0.3 is 10.6 Å². The first kappa shape index (κ1) is 12.0. The molecule has 0 radical (unpaired) electrons. The molecule has 14 heavy (non-hydrogen) atoms. The van der Waals surface area contributed by atoms with Crippen LogP contribution >= 0.6 is 15.9 Å². The van der Waals surface area contributed by atoms with Crippen LogP contribution in [0.25, 0.3) is 0 Å². The van der Waals surface area contributed by atoms with Crippen LogP contribution in [0.3, 0.4) is 0 Å². The number of likely N-dealkylation sites (tertiary alicyclic amines) is 1. The number of nitrogens with two attached hydrogens (primary N) is 1. The lowest BCUT2D eigenvalue weighted by atomic mass is 10.0. The molecular formula is C10H19BrN2O. The summed E-state index contributed by atoms with van der Waals surface area (Å²) in [4.78, 5) is 14.2. The molecule has 0 unspecified atom stereocenters. The normalized spacial score (nSPS) is 25.2. The number of halogens is 1. The van der Waals surface area contributed by atoms with Crippen LogP contribution in [-0.2, 0) is 4.79 Å². The summed E-state index contributed by atoms with van der Waals surface area (Å²) < 4.78 is 0. The SMILES string of the molecule is CC(C)[C@H](N)C(=O)N1CCC[C@@H](Br)C1. The summed E-state index contributed by atoms with van der Waals surface area (Å²) in [6.45, 7) is 5.64. The Morgan fingerprint density at radius 3 is 2.71 bits per heavy atom. The minimum Gasteiger partial charge on any atom is -0.340 e. The van der Waals surface area contributed by atoms with Gasteiger partial charge in [-0.25, -0.2) is 0 Å². The number of amides is 1. The predicted octanol–water partition coefficient (Wildman–Crippen LogP) is 1.36. The molecule has 1 rings (SSSR count). The van der Waals surface area contributed by atoms with Gasteiger partial charge in [0, 0.05) is 17.9 Å². The molecule has 0 aromatic heterocycles. The van der Waals surface area contributed by atoms with Gasteiger partial charge in [-0.05, 0) is 18.8 Å². The monoisotopic (exact) mass is 262 g/mol. The Morgan fingerprint density at radius 1 is 1.57 bits per heavy atom. The van der Waals surface area contributed by atoms with Crippen molar-refractivity contribution in [3.63, 3.8) is 0 Å². The third kappa shape index (κ3) is 2.95. The predicted molar refractivity (Wildman–Crippen MR) is 61.3 cm³/mol. The van der Waals surface area contributed by atoms with E-state index in [9.17, 15) is 4.79 Å². The smallest absolute Gasteiger partial charge is 0.239 e. The van der Waals surface area contributed by atoms with E-state index in [1.165, 1.54) is 0 Å². The summed E-state index contributed by atoms with van der Waals surface area (Å²) in [6, 6.07) is -0.340. The van der Waals surface area contributed by atoms with Gasteiger partial charge in [-0.1, -0.05) is 29.8 Å². The largest absolute Gasteiger partial charge is 0.340 e. The Morgan fingerprint density at radius 2 is 2.21 bits per heavy atom. The van der Waals surface area contributed by atoms with E-state index in [-0.39, 0.29) is 17.9 Å². The molecule has 0 spiro atoms. The van der Waals surface area contributed by atoms with E-state index in [2.05, 4.69) is 15.9 Å². The molecule has 2 N–H and O–H groups in total. The maximum Gasteiger partial charge on any atom is 0.239 e. The van der Waals surface area contributed by atoms with Crippen molar-refractivity contribution in [3.05, 3.63) is 0 Å². The van der Waals surface area contributed by atoms with E-state index in [1.54, 1.807) is 0 Å². The summed E-state index contributed by atoms with van der Waals surface area (Å²) in [6.07, 6.45) is 2.23. The molecule has 1 heterocycles. The van der Waals surface area contributed by atoms with Crippen LogP contribution in [-0.4, -0.2) is 34.8 Å². The fraction of sp³-hybridized carbons (Fsp3) is 0.900. The van der Waals surface area contributed by atoms with Crippen LogP contribution in [0, 0.1) is 5.92 Å². The molecule has 4 heteroatoms. The quantitative estimate of drug-likeness (QED) is 0.764. The Labute approximate surface area is 94.1 Å².